The van der Waals surface area contributed by atoms with Gasteiger partial charge in [-0.15, -0.1) is 0 Å². The van der Waals surface area contributed by atoms with Crippen LogP contribution in [0.5, 0.6) is 0 Å². The van der Waals surface area contributed by atoms with E-state index in [4.69, 9.17) is 22.7 Å². The molecule has 0 aliphatic carbocycles. The number of benzene rings is 1. The van der Waals surface area contributed by atoms with Crippen molar-refractivity contribution in [2.45, 2.75) is 9.92 Å². The predicted molar refractivity (Wildman–Crippen MR) is 70.8 cm³/mol. The van der Waals surface area contributed by atoms with E-state index in [2.05, 4.69) is 4.98 Å². The minimum Gasteiger partial charge on any atom is -0.384 e. The maximum Gasteiger partial charge on any atom is 0.122 e. The zero-order valence-corrected chi connectivity index (χ0v) is 10.4. The number of halogens is 1. The Kier molecular flexibility index (Phi) is 3.66. The van der Waals surface area contributed by atoms with Crippen molar-refractivity contribution >= 4 is 29.2 Å². The predicted octanol–water partition coefficient (Wildman–Crippen LogP) is 3.17. The number of nitrogens with one attached hydrogen (secondary N) is 1. The smallest absolute Gasteiger partial charge is 0.122 e. The minimum absolute atomic E-state index is 0.0752. The zero-order valence-electron chi connectivity index (χ0n) is 8.85. The van der Waals surface area contributed by atoms with Gasteiger partial charge in [0.2, 0.25) is 0 Å². The van der Waals surface area contributed by atoms with Crippen LogP contribution in [0, 0.1) is 5.41 Å². The number of rotatable bonds is 3. The average Bonchev–Trinajstić information content (AvgIpc) is 2.33. The molecule has 0 amide bonds. The third-order valence-corrected chi connectivity index (χ3v) is 3.27. The first-order chi connectivity index (χ1) is 8.15. The third kappa shape index (κ3) is 3.22. The fourth-order valence-electron chi connectivity index (χ4n) is 1.25. The summed E-state index contributed by atoms with van der Waals surface area (Å²) < 4.78 is 0. The molecule has 0 saturated heterocycles. The maximum absolute atomic E-state index is 7.29. The highest BCUT2D eigenvalue weighted by Crippen LogP contribution is 2.26. The molecular weight excluding hydrogens is 254 g/mol. The molecule has 2 rings (SSSR count). The molecule has 17 heavy (non-hydrogen) atoms. The number of hydrogen-bond donors (Lipinski definition) is 2. The molecule has 0 unspecified atom stereocenters. The second kappa shape index (κ2) is 5.21. The van der Waals surface area contributed by atoms with Crippen molar-refractivity contribution in [3.05, 3.63) is 53.2 Å². The van der Waals surface area contributed by atoms with E-state index < -0.39 is 0 Å². The normalized spacial score (nSPS) is 10.2. The van der Waals surface area contributed by atoms with Crippen molar-refractivity contribution in [3.8, 4) is 0 Å². The Labute approximate surface area is 109 Å². The Balaban J connectivity index is 2.13. The van der Waals surface area contributed by atoms with Gasteiger partial charge in [0.05, 0.1) is 5.02 Å². The fraction of sp³-hybridized carbons (Fsp3) is 0. The molecule has 86 valence electrons. The fourth-order valence-corrected chi connectivity index (χ4v) is 2.11. The Hall–Kier alpha value is -1.52. The number of pyridine rings is 1. The van der Waals surface area contributed by atoms with Crippen molar-refractivity contribution in [1.29, 1.82) is 5.41 Å². The van der Waals surface area contributed by atoms with Gasteiger partial charge in [0.1, 0.15) is 10.9 Å². The summed E-state index contributed by atoms with van der Waals surface area (Å²) in [5, 5.41) is 8.80. The lowest BCUT2D eigenvalue weighted by Gasteiger charge is -2.02. The largest absolute Gasteiger partial charge is 0.384 e. The number of nitrogen functional groups attached to an aromatic ring is 1. The molecule has 1 aromatic heterocycles. The van der Waals surface area contributed by atoms with Crippen LogP contribution >= 0.6 is 23.4 Å². The first kappa shape index (κ1) is 12.0. The summed E-state index contributed by atoms with van der Waals surface area (Å²) in [6, 6.07) is 11.1. The summed E-state index contributed by atoms with van der Waals surface area (Å²) in [5.74, 6) is 0.0752. The lowest BCUT2D eigenvalue weighted by atomic mass is 10.2. The molecule has 0 radical (unpaired) electrons. The topological polar surface area (TPSA) is 62.8 Å². The van der Waals surface area contributed by atoms with E-state index >= 15 is 0 Å². The summed E-state index contributed by atoms with van der Waals surface area (Å²) in [7, 11) is 0. The number of nitrogens with zero attached hydrogens (tertiary/aromatic N) is 1. The van der Waals surface area contributed by atoms with Crippen LogP contribution in [0.25, 0.3) is 0 Å². The van der Waals surface area contributed by atoms with Crippen LogP contribution < -0.4 is 5.73 Å². The lowest BCUT2D eigenvalue weighted by Crippen LogP contribution is -2.10. The molecule has 3 N–H and O–H groups in total. The van der Waals surface area contributed by atoms with Crippen LogP contribution in [0.15, 0.2) is 52.5 Å². The molecule has 3 nitrogen and oxygen atoms in total. The molecule has 0 bridgehead atoms. The standard InChI is InChI=1S/C12H10ClN3S/c13-9-3-6-11(16-7-9)17-10-4-1-8(2-5-10)12(14)15/h1-7H,(H3,14,15). The molecular formula is C12H10ClN3S. The maximum atomic E-state index is 7.29. The Morgan fingerprint density at radius 3 is 2.41 bits per heavy atom. The molecule has 5 heteroatoms. The Morgan fingerprint density at radius 1 is 1.18 bits per heavy atom. The highest BCUT2D eigenvalue weighted by molar-refractivity contribution is 7.99. The van der Waals surface area contributed by atoms with E-state index in [1.54, 1.807) is 12.3 Å². The van der Waals surface area contributed by atoms with Crippen LogP contribution in [0.2, 0.25) is 5.02 Å². The van der Waals surface area contributed by atoms with E-state index in [-0.39, 0.29) is 5.84 Å². The monoisotopic (exact) mass is 263 g/mol. The summed E-state index contributed by atoms with van der Waals surface area (Å²) >= 11 is 7.30. The number of amidine groups is 1. The first-order valence-corrected chi connectivity index (χ1v) is 6.08. The average molecular weight is 264 g/mol. The summed E-state index contributed by atoms with van der Waals surface area (Å²) in [6.45, 7) is 0. The zero-order chi connectivity index (χ0) is 12.3. The SMILES string of the molecule is N=C(N)c1ccc(Sc2ccc(Cl)cn2)cc1. The number of aromatic nitrogens is 1. The second-order valence-electron chi connectivity index (χ2n) is 3.35. The van der Waals surface area contributed by atoms with Gasteiger partial charge >= 0.3 is 0 Å². The summed E-state index contributed by atoms with van der Waals surface area (Å²) in [5.41, 5.74) is 6.10. The Bertz CT molecular complexity index is 522. The van der Waals surface area contributed by atoms with Crippen LogP contribution in [0.4, 0.5) is 0 Å². The third-order valence-electron chi connectivity index (χ3n) is 2.09. The van der Waals surface area contributed by atoms with Gasteiger partial charge in [0.25, 0.3) is 0 Å². The molecule has 0 saturated carbocycles. The van der Waals surface area contributed by atoms with Crippen molar-refractivity contribution < 1.29 is 0 Å². The first-order valence-electron chi connectivity index (χ1n) is 4.89. The van der Waals surface area contributed by atoms with E-state index in [1.165, 1.54) is 11.8 Å². The summed E-state index contributed by atoms with van der Waals surface area (Å²) in [4.78, 5) is 5.24. The van der Waals surface area contributed by atoms with Gasteiger partial charge in [-0.2, -0.15) is 0 Å². The van der Waals surface area contributed by atoms with Gasteiger partial charge in [-0.1, -0.05) is 35.5 Å². The molecule has 1 heterocycles. The quantitative estimate of drug-likeness (QED) is 0.660. The van der Waals surface area contributed by atoms with Gasteiger partial charge < -0.3 is 5.73 Å². The minimum atomic E-state index is 0.0752. The van der Waals surface area contributed by atoms with Gasteiger partial charge in [-0.25, -0.2) is 4.98 Å². The molecule has 1 aromatic carbocycles. The van der Waals surface area contributed by atoms with Crippen LogP contribution in [0.3, 0.4) is 0 Å². The van der Waals surface area contributed by atoms with Crippen molar-refractivity contribution in [2.75, 3.05) is 0 Å². The highest BCUT2D eigenvalue weighted by atomic mass is 35.5. The molecule has 0 spiro atoms. The lowest BCUT2D eigenvalue weighted by molar-refractivity contribution is 1.13. The van der Waals surface area contributed by atoms with Crippen LogP contribution in [-0.4, -0.2) is 10.8 Å². The van der Waals surface area contributed by atoms with Crippen LogP contribution in [0.1, 0.15) is 5.56 Å². The van der Waals surface area contributed by atoms with Gasteiger partial charge in [-0.3, -0.25) is 5.41 Å². The molecule has 2 aromatic rings. The molecule has 0 fully saturated rings. The highest BCUT2D eigenvalue weighted by Gasteiger charge is 2.00. The van der Waals surface area contributed by atoms with E-state index in [0.29, 0.717) is 5.02 Å². The van der Waals surface area contributed by atoms with Crippen molar-refractivity contribution in [1.82, 2.24) is 4.98 Å². The number of nitrogens with two attached hydrogens (primary N) is 1. The van der Waals surface area contributed by atoms with Gasteiger partial charge in [-0.05, 0) is 24.3 Å². The molecule has 0 atom stereocenters. The second-order valence-corrected chi connectivity index (χ2v) is 4.89. The molecule has 0 aliphatic heterocycles. The van der Waals surface area contributed by atoms with Crippen molar-refractivity contribution in [2.24, 2.45) is 5.73 Å². The number of hydrogen-bond acceptors (Lipinski definition) is 3. The van der Waals surface area contributed by atoms with Crippen LogP contribution in [-0.2, 0) is 0 Å². The van der Waals surface area contributed by atoms with Gasteiger partial charge in [0, 0.05) is 16.7 Å². The summed E-state index contributed by atoms with van der Waals surface area (Å²) in [6.07, 6.45) is 1.62. The Morgan fingerprint density at radius 2 is 1.88 bits per heavy atom. The van der Waals surface area contributed by atoms with E-state index in [1.807, 2.05) is 30.3 Å². The molecule has 0 aliphatic rings. The van der Waals surface area contributed by atoms with E-state index in [0.717, 1.165) is 15.5 Å². The van der Waals surface area contributed by atoms with Gasteiger partial charge in [0.15, 0.2) is 0 Å². The van der Waals surface area contributed by atoms with E-state index in [9.17, 15) is 0 Å². The van der Waals surface area contributed by atoms with Crippen molar-refractivity contribution in [3.63, 3.8) is 0 Å².